The van der Waals surface area contributed by atoms with Crippen LogP contribution in [0.3, 0.4) is 0 Å². The van der Waals surface area contributed by atoms with Crippen molar-refractivity contribution >= 4 is 0 Å². The normalized spacial score (nSPS) is 16.7. The van der Waals surface area contributed by atoms with Crippen LogP contribution in [0.1, 0.15) is 18.4 Å². The molecule has 0 unspecified atom stereocenters. The average molecular weight is 419 g/mol. The molecule has 0 amide bonds. The topological polar surface area (TPSA) is 41.5 Å². The standard InChI is InChI=1S/C20H19F6NO2/c21-19(22,23)18(28,20(24,25)26)15-5-1-13(2-6-15)14-3-7-16(8-4-14)29-17-9-11-27-12-10-17/h1-8,17,27-28H,9-12H2. The molecule has 2 aromatic rings. The van der Waals surface area contributed by atoms with E-state index in [0.717, 1.165) is 38.1 Å². The van der Waals surface area contributed by atoms with Gasteiger partial charge in [0.2, 0.25) is 0 Å². The Hall–Kier alpha value is -2.26. The van der Waals surface area contributed by atoms with Gasteiger partial charge in [0.15, 0.2) is 0 Å². The molecule has 0 atom stereocenters. The molecule has 0 spiro atoms. The zero-order valence-corrected chi connectivity index (χ0v) is 15.1. The number of benzene rings is 2. The van der Waals surface area contributed by atoms with Crippen LogP contribution in [-0.2, 0) is 5.60 Å². The lowest BCUT2D eigenvalue weighted by Crippen LogP contribution is -2.53. The molecule has 0 aromatic heterocycles. The molecule has 1 saturated heterocycles. The Morgan fingerprint density at radius 1 is 0.759 bits per heavy atom. The quantitative estimate of drug-likeness (QED) is 0.700. The molecule has 2 N–H and O–H groups in total. The van der Waals surface area contributed by atoms with Crippen LogP contribution in [0.4, 0.5) is 26.3 Å². The van der Waals surface area contributed by atoms with Crippen LogP contribution in [0, 0.1) is 0 Å². The summed E-state index contributed by atoms with van der Waals surface area (Å²) < 4.78 is 83.6. The number of hydrogen-bond acceptors (Lipinski definition) is 3. The van der Waals surface area contributed by atoms with Crippen LogP contribution < -0.4 is 10.1 Å². The Labute approximate surface area is 163 Å². The summed E-state index contributed by atoms with van der Waals surface area (Å²) in [6.45, 7) is 1.74. The summed E-state index contributed by atoms with van der Waals surface area (Å²) in [5, 5.41) is 12.7. The number of halogens is 6. The summed E-state index contributed by atoms with van der Waals surface area (Å²) in [7, 11) is 0. The lowest BCUT2D eigenvalue weighted by molar-refractivity contribution is -0.376. The van der Waals surface area contributed by atoms with E-state index >= 15 is 0 Å². The minimum absolute atomic E-state index is 0.101. The maximum absolute atomic E-state index is 13.0. The third-order valence-electron chi connectivity index (χ3n) is 4.90. The van der Waals surface area contributed by atoms with Gasteiger partial charge >= 0.3 is 12.4 Å². The minimum Gasteiger partial charge on any atom is -0.490 e. The SMILES string of the molecule is OC(c1ccc(-c2ccc(OC3CCNCC3)cc2)cc1)(C(F)(F)F)C(F)(F)F. The first-order valence-corrected chi connectivity index (χ1v) is 8.96. The fraction of sp³-hybridized carbons (Fsp3) is 0.400. The highest BCUT2D eigenvalue weighted by Gasteiger charge is 2.71. The van der Waals surface area contributed by atoms with Crippen LogP contribution in [0.15, 0.2) is 48.5 Å². The first kappa shape index (κ1) is 21.4. The first-order chi connectivity index (χ1) is 13.5. The Balaban J connectivity index is 1.79. The van der Waals surface area contributed by atoms with Gasteiger partial charge in [-0.25, -0.2) is 0 Å². The van der Waals surface area contributed by atoms with E-state index in [1.165, 1.54) is 0 Å². The van der Waals surface area contributed by atoms with Gasteiger partial charge < -0.3 is 15.2 Å². The predicted octanol–water partition coefficient (Wildman–Crippen LogP) is 4.80. The molecule has 2 aromatic carbocycles. The molecular formula is C20H19F6NO2. The molecule has 1 aliphatic rings. The Bertz CT molecular complexity index is 795. The maximum atomic E-state index is 13.0. The van der Waals surface area contributed by atoms with Crippen LogP contribution >= 0.6 is 0 Å². The molecule has 1 aliphatic heterocycles. The molecule has 3 rings (SSSR count). The zero-order chi connectivity index (χ0) is 21.3. The van der Waals surface area contributed by atoms with Crippen molar-refractivity contribution in [3.8, 4) is 16.9 Å². The predicted molar refractivity (Wildman–Crippen MR) is 94.4 cm³/mol. The van der Waals surface area contributed by atoms with Gasteiger partial charge in [0.05, 0.1) is 0 Å². The van der Waals surface area contributed by atoms with E-state index in [-0.39, 0.29) is 6.10 Å². The van der Waals surface area contributed by atoms with Crippen molar-refractivity contribution in [1.82, 2.24) is 5.32 Å². The van der Waals surface area contributed by atoms with Gasteiger partial charge in [-0.15, -0.1) is 0 Å². The van der Waals surface area contributed by atoms with Crippen molar-refractivity contribution in [2.24, 2.45) is 0 Å². The van der Waals surface area contributed by atoms with E-state index in [1.54, 1.807) is 24.3 Å². The van der Waals surface area contributed by atoms with Gasteiger partial charge in [-0.3, -0.25) is 0 Å². The minimum atomic E-state index is -5.90. The van der Waals surface area contributed by atoms with E-state index in [2.05, 4.69) is 5.32 Å². The fourth-order valence-electron chi connectivity index (χ4n) is 3.22. The highest BCUT2D eigenvalue weighted by molar-refractivity contribution is 5.64. The summed E-state index contributed by atoms with van der Waals surface area (Å²) in [5.74, 6) is 0.640. The highest BCUT2D eigenvalue weighted by atomic mass is 19.4. The molecule has 3 nitrogen and oxygen atoms in total. The molecular weight excluding hydrogens is 400 g/mol. The van der Waals surface area contributed by atoms with Crippen molar-refractivity contribution in [2.45, 2.75) is 36.9 Å². The van der Waals surface area contributed by atoms with Crippen LogP contribution in [0.2, 0.25) is 0 Å². The molecule has 158 valence electrons. The van der Waals surface area contributed by atoms with Gasteiger partial charge in [-0.05, 0) is 49.2 Å². The second kappa shape index (κ2) is 7.87. The fourth-order valence-corrected chi connectivity index (χ4v) is 3.22. The number of hydrogen-bond donors (Lipinski definition) is 2. The van der Waals surface area contributed by atoms with Gasteiger partial charge in [0.1, 0.15) is 11.9 Å². The van der Waals surface area contributed by atoms with Crippen LogP contribution in [0.25, 0.3) is 11.1 Å². The zero-order valence-electron chi connectivity index (χ0n) is 15.1. The highest BCUT2D eigenvalue weighted by Crippen LogP contribution is 2.50. The van der Waals surface area contributed by atoms with E-state index in [9.17, 15) is 31.4 Å². The Morgan fingerprint density at radius 2 is 1.21 bits per heavy atom. The second-order valence-corrected chi connectivity index (χ2v) is 6.87. The Morgan fingerprint density at radius 3 is 1.66 bits per heavy atom. The molecule has 0 aliphatic carbocycles. The summed E-state index contributed by atoms with van der Waals surface area (Å²) in [4.78, 5) is 0. The number of rotatable bonds is 4. The lowest BCUT2D eigenvalue weighted by Gasteiger charge is -2.32. The summed E-state index contributed by atoms with van der Waals surface area (Å²) >= 11 is 0. The number of piperidine rings is 1. The molecule has 0 radical (unpaired) electrons. The second-order valence-electron chi connectivity index (χ2n) is 6.87. The molecule has 1 heterocycles. The largest absolute Gasteiger partial charge is 0.490 e. The van der Waals surface area contributed by atoms with Gasteiger partial charge in [0, 0.05) is 5.56 Å². The van der Waals surface area contributed by atoms with Crippen molar-refractivity contribution in [3.63, 3.8) is 0 Å². The van der Waals surface area contributed by atoms with Crippen molar-refractivity contribution < 1.29 is 36.2 Å². The molecule has 9 heteroatoms. The van der Waals surface area contributed by atoms with Gasteiger partial charge in [-0.2, -0.15) is 26.3 Å². The molecule has 29 heavy (non-hydrogen) atoms. The summed E-state index contributed by atoms with van der Waals surface area (Å²) in [5.41, 5.74) is -5.21. The summed E-state index contributed by atoms with van der Waals surface area (Å²) in [6.07, 6.45) is -9.95. The number of ether oxygens (including phenoxy) is 1. The van der Waals surface area contributed by atoms with Crippen LogP contribution in [0.5, 0.6) is 5.75 Å². The number of nitrogens with one attached hydrogen (secondary N) is 1. The third-order valence-corrected chi connectivity index (χ3v) is 4.90. The molecule has 0 saturated carbocycles. The van der Waals surface area contributed by atoms with Crippen molar-refractivity contribution in [1.29, 1.82) is 0 Å². The molecule has 0 bridgehead atoms. The van der Waals surface area contributed by atoms with Crippen LogP contribution in [-0.4, -0.2) is 36.7 Å². The van der Waals surface area contributed by atoms with Crippen molar-refractivity contribution in [2.75, 3.05) is 13.1 Å². The maximum Gasteiger partial charge on any atom is 0.430 e. The summed E-state index contributed by atoms with van der Waals surface area (Å²) in [6, 6.07) is 10.2. The smallest absolute Gasteiger partial charge is 0.430 e. The van der Waals surface area contributed by atoms with Gasteiger partial charge in [-0.1, -0.05) is 36.4 Å². The van der Waals surface area contributed by atoms with Gasteiger partial charge in [0.25, 0.3) is 5.60 Å². The molecule has 1 fully saturated rings. The first-order valence-electron chi connectivity index (χ1n) is 8.96. The van der Waals surface area contributed by atoms with Crippen molar-refractivity contribution in [3.05, 3.63) is 54.1 Å². The van der Waals surface area contributed by atoms with E-state index in [4.69, 9.17) is 4.74 Å². The monoisotopic (exact) mass is 419 g/mol. The lowest BCUT2D eigenvalue weighted by atomic mass is 9.90. The van der Waals surface area contributed by atoms with E-state index in [1.807, 2.05) is 0 Å². The average Bonchev–Trinajstić information content (AvgIpc) is 2.67. The van der Waals surface area contributed by atoms with E-state index < -0.39 is 23.5 Å². The Kier molecular flexibility index (Phi) is 5.82. The van der Waals surface area contributed by atoms with E-state index in [0.29, 0.717) is 29.0 Å². The third kappa shape index (κ3) is 4.35. The number of aliphatic hydroxyl groups is 1. The number of alkyl halides is 6.